The van der Waals surface area contributed by atoms with Gasteiger partial charge >= 0.3 is 0 Å². The van der Waals surface area contributed by atoms with Gasteiger partial charge in [0.25, 0.3) is 0 Å². The van der Waals surface area contributed by atoms with E-state index in [2.05, 4.69) is 46.3 Å². The number of nitrogens with one attached hydrogen (secondary N) is 2. The summed E-state index contributed by atoms with van der Waals surface area (Å²) in [6.07, 6.45) is 3.84. The molecule has 34 heavy (non-hydrogen) atoms. The molecule has 0 bridgehead atoms. The number of H-pyrrole nitrogens is 1. The van der Waals surface area contributed by atoms with Gasteiger partial charge in [0.2, 0.25) is 0 Å². The Hall–Kier alpha value is -3.39. The van der Waals surface area contributed by atoms with Gasteiger partial charge in [0.15, 0.2) is 5.65 Å². The lowest BCUT2D eigenvalue weighted by molar-refractivity contribution is 0.122. The number of ether oxygens (including phenoxy) is 2. The van der Waals surface area contributed by atoms with Crippen molar-refractivity contribution >= 4 is 33.7 Å². The maximum atomic E-state index is 5.55. The molecule has 0 aliphatic carbocycles. The molecular formula is C26H34N6O2. The lowest BCUT2D eigenvalue weighted by atomic mass is 9.98. The predicted octanol–water partition coefficient (Wildman–Crippen LogP) is 5.11. The summed E-state index contributed by atoms with van der Waals surface area (Å²) in [7, 11) is 1.70. The van der Waals surface area contributed by atoms with Crippen LogP contribution in [0.2, 0.25) is 0 Å². The summed E-state index contributed by atoms with van der Waals surface area (Å²) in [5.74, 6) is 2.87. The summed E-state index contributed by atoms with van der Waals surface area (Å²) in [4.78, 5) is 19.6. The number of benzene rings is 1. The van der Waals surface area contributed by atoms with Crippen molar-refractivity contribution in [1.82, 2.24) is 19.9 Å². The average molecular weight is 463 g/mol. The number of methoxy groups -OCH3 is 1. The Morgan fingerprint density at radius 3 is 2.65 bits per heavy atom. The number of rotatable bonds is 6. The Morgan fingerprint density at radius 1 is 1.12 bits per heavy atom. The number of pyridine rings is 1. The third kappa shape index (κ3) is 4.77. The van der Waals surface area contributed by atoms with E-state index >= 15 is 0 Å². The molecule has 4 aromatic rings. The number of aromatic amines is 1. The second-order valence-corrected chi connectivity index (χ2v) is 8.30. The van der Waals surface area contributed by atoms with Crippen LogP contribution in [0.15, 0.2) is 36.7 Å². The topological polar surface area (TPSA) is 88.2 Å². The largest absolute Gasteiger partial charge is 0.495 e. The van der Waals surface area contributed by atoms with Gasteiger partial charge in [-0.05, 0) is 35.2 Å². The summed E-state index contributed by atoms with van der Waals surface area (Å²) in [6.45, 7) is 12.2. The molecule has 1 aliphatic rings. The van der Waals surface area contributed by atoms with Crippen LogP contribution in [0.25, 0.3) is 22.1 Å². The smallest absolute Gasteiger partial charge is 0.182 e. The van der Waals surface area contributed by atoms with Crippen LogP contribution in [0, 0.1) is 0 Å². The zero-order chi connectivity index (χ0) is 24.1. The predicted molar refractivity (Wildman–Crippen MR) is 138 cm³/mol. The summed E-state index contributed by atoms with van der Waals surface area (Å²) in [5.41, 5.74) is 4.91. The van der Waals surface area contributed by atoms with Gasteiger partial charge in [0.1, 0.15) is 22.9 Å². The molecule has 180 valence electrons. The highest BCUT2D eigenvalue weighted by molar-refractivity contribution is 5.92. The number of fused-ring (bicyclic) bond motifs is 2. The molecule has 0 radical (unpaired) electrons. The molecule has 0 atom stereocenters. The average Bonchev–Trinajstić information content (AvgIpc) is 3.34. The van der Waals surface area contributed by atoms with E-state index in [1.54, 1.807) is 13.3 Å². The van der Waals surface area contributed by atoms with E-state index < -0.39 is 0 Å². The number of hydrogen-bond donors (Lipinski definition) is 2. The van der Waals surface area contributed by atoms with Gasteiger partial charge in [-0.2, -0.15) is 0 Å². The highest BCUT2D eigenvalue weighted by Gasteiger charge is 2.16. The van der Waals surface area contributed by atoms with Crippen LogP contribution < -0.4 is 15.0 Å². The molecule has 2 N–H and O–H groups in total. The molecule has 1 saturated heterocycles. The van der Waals surface area contributed by atoms with E-state index in [0.29, 0.717) is 23.9 Å². The highest BCUT2D eigenvalue weighted by Crippen LogP contribution is 2.34. The third-order valence-corrected chi connectivity index (χ3v) is 5.94. The first-order valence-electron chi connectivity index (χ1n) is 12.0. The lowest BCUT2D eigenvalue weighted by Gasteiger charge is -2.27. The quantitative estimate of drug-likeness (QED) is 0.411. The van der Waals surface area contributed by atoms with Crippen molar-refractivity contribution in [3.8, 4) is 5.75 Å². The fourth-order valence-electron chi connectivity index (χ4n) is 4.22. The molecule has 1 fully saturated rings. The minimum atomic E-state index is 0.401. The van der Waals surface area contributed by atoms with Crippen molar-refractivity contribution in [2.75, 3.05) is 43.6 Å². The lowest BCUT2D eigenvalue weighted by Crippen LogP contribution is -2.36. The van der Waals surface area contributed by atoms with E-state index in [-0.39, 0.29) is 0 Å². The summed E-state index contributed by atoms with van der Waals surface area (Å²) >= 11 is 0. The summed E-state index contributed by atoms with van der Waals surface area (Å²) in [5, 5.41) is 4.64. The number of hydrogen-bond acceptors (Lipinski definition) is 7. The number of anilines is 2. The molecule has 8 nitrogen and oxygen atoms in total. The standard InChI is InChI=1S/C24H28N6O2.C2H6/c1-15(2)17-13-27-23-19(31-3)6-4-16(22(17)23)12-26-20-14-25-18-5-7-21(29-24(18)28-20)30-8-10-32-11-9-30;1-2/h4-7,13-15,27H,8-12H2,1-3H3,(H,26,28,29);1-2H3. The van der Waals surface area contributed by atoms with E-state index in [9.17, 15) is 0 Å². The molecule has 0 unspecified atom stereocenters. The van der Waals surface area contributed by atoms with E-state index in [1.807, 2.05) is 32.0 Å². The Labute approximate surface area is 200 Å². The fraction of sp³-hybridized carbons (Fsp3) is 0.423. The molecule has 0 spiro atoms. The maximum Gasteiger partial charge on any atom is 0.182 e. The van der Waals surface area contributed by atoms with Crippen LogP contribution in [0.3, 0.4) is 0 Å². The second kappa shape index (κ2) is 10.7. The van der Waals surface area contributed by atoms with Gasteiger partial charge in [-0.25, -0.2) is 15.0 Å². The molecule has 5 rings (SSSR count). The molecule has 0 saturated carbocycles. The first-order chi connectivity index (χ1) is 16.6. The van der Waals surface area contributed by atoms with Crippen LogP contribution in [-0.2, 0) is 11.3 Å². The van der Waals surface area contributed by atoms with Gasteiger partial charge in [-0.1, -0.05) is 33.8 Å². The fourth-order valence-corrected chi connectivity index (χ4v) is 4.22. The molecule has 1 aliphatic heterocycles. The molecule has 8 heteroatoms. The maximum absolute atomic E-state index is 5.55. The molecule has 1 aromatic carbocycles. The molecule has 3 aromatic heterocycles. The molecule has 0 amide bonds. The zero-order valence-corrected chi connectivity index (χ0v) is 20.7. The summed E-state index contributed by atoms with van der Waals surface area (Å²) in [6, 6.07) is 8.09. The minimum Gasteiger partial charge on any atom is -0.495 e. The Bertz CT molecular complexity index is 1250. The van der Waals surface area contributed by atoms with E-state index in [0.717, 1.165) is 48.9 Å². The van der Waals surface area contributed by atoms with Gasteiger partial charge < -0.3 is 24.7 Å². The zero-order valence-electron chi connectivity index (χ0n) is 20.7. The number of aromatic nitrogens is 4. The minimum absolute atomic E-state index is 0.401. The Morgan fingerprint density at radius 2 is 1.91 bits per heavy atom. The van der Waals surface area contributed by atoms with Crippen molar-refractivity contribution in [2.24, 2.45) is 0 Å². The van der Waals surface area contributed by atoms with Crippen LogP contribution in [-0.4, -0.2) is 53.3 Å². The van der Waals surface area contributed by atoms with Crippen LogP contribution in [0.5, 0.6) is 5.75 Å². The van der Waals surface area contributed by atoms with Gasteiger partial charge in [0.05, 0.1) is 32.0 Å². The van der Waals surface area contributed by atoms with Crippen molar-refractivity contribution in [1.29, 1.82) is 0 Å². The third-order valence-electron chi connectivity index (χ3n) is 5.94. The van der Waals surface area contributed by atoms with Gasteiger partial charge in [-0.3, -0.25) is 0 Å². The van der Waals surface area contributed by atoms with E-state index in [1.165, 1.54) is 16.5 Å². The Balaban J connectivity index is 0.00000133. The second-order valence-electron chi connectivity index (χ2n) is 8.30. The number of nitrogens with zero attached hydrogens (tertiary/aromatic N) is 4. The normalized spacial score (nSPS) is 13.8. The van der Waals surface area contributed by atoms with Crippen LogP contribution >= 0.6 is 0 Å². The monoisotopic (exact) mass is 462 g/mol. The van der Waals surface area contributed by atoms with Crippen molar-refractivity contribution < 1.29 is 9.47 Å². The first kappa shape index (κ1) is 23.8. The van der Waals surface area contributed by atoms with Crippen LogP contribution in [0.4, 0.5) is 11.6 Å². The van der Waals surface area contributed by atoms with Gasteiger partial charge in [0, 0.05) is 31.2 Å². The number of morpholine rings is 1. The SMILES string of the molecule is CC.COc1ccc(CNc2cnc3ccc(N4CCOCC4)nc3n2)c2c(C(C)C)c[nH]c12. The molecule has 4 heterocycles. The summed E-state index contributed by atoms with van der Waals surface area (Å²) < 4.78 is 11.0. The van der Waals surface area contributed by atoms with Crippen molar-refractivity contribution in [3.05, 3.63) is 47.8 Å². The Kier molecular flexibility index (Phi) is 7.47. The molecular weight excluding hydrogens is 428 g/mol. The van der Waals surface area contributed by atoms with Crippen molar-refractivity contribution in [3.63, 3.8) is 0 Å². The highest BCUT2D eigenvalue weighted by atomic mass is 16.5. The van der Waals surface area contributed by atoms with Gasteiger partial charge in [-0.15, -0.1) is 0 Å². The van der Waals surface area contributed by atoms with Crippen molar-refractivity contribution in [2.45, 2.75) is 40.2 Å². The van der Waals surface area contributed by atoms with E-state index in [4.69, 9.17) is 19.4 Å². The van der Waals surface area contributed by atoms with Crippen LogP contribution in [0.1, 0.15) is 44.7 Å². The first-order valence-corrected chi connectivity index (χ1v) is 12.0.